The lowest BCUT2D eigenvalue weighted by Crippen LogP contribution is -2.15. The van der Waals surface area contributed by atoms with Crippen LogP contribution in [-0.4, -0.2) is 35.2 Å². The highest BCUT2D eigenvalue weighted by molar-refractivity contribution is 6.10. The highest BCUT2D eigenvalue weighted by atomic mass is 16.5. The van der Waals surface area contributed by atoms with E-state index >= 15 is 0 Å². The molecule has 1 fully saturated rings. The third kappa shape index (κ3) is 2.86. The second-order valence-corrected chi connectivity index (χ2v) is 5.91. The lowest BCUT2D eigenvalue weighted by atomic mass is 10.1. The number of fused-ring (bicyclic) bond motifs is 1. The molecule has 4 rings (SSSR count). The fraction of sp³-hybridized carbons (Fsp3) is 0.211. The number of aromatic nitrogens is 1. The fourth-order valence-corrected chi connectivity index (χ4v) is 2.88. The quantitative estimate of drug-likeness (QED) is 0.723. The molecule has 1 aliphatic heterocycles. The van der Waals surface area contributed by atoms with Gasteiger partial charge in [0.2, 0.25) is 5.78 Å². The molecule has 0 radical (unpaired) electrons. The number of carbonyl (C=O) groups excluding carboxylic acids is 1. The number of phenolic OH excluding ortho intramolecular Hbond substituents is 1. The van der Waals surface area contributed by atoms with Crippen LogP contribution >= 0.6 is 0 Å². The number of hydrogen-bond donors (Lipinski definition) is 2. The molecule has 0 aliphatic carbocycles. The molecule has 0 spiro atoms. The summed E-state index contributed by atoms with van der Waals surface area (Å²) in [6.45, 7) is 1.35. The molecular weight excluding hydrogens is 306 g/mol. The van der Waals surface area contributed by atoms with Crippen LogP contribution in [0.3, 0.4) is 0 Å². The Balaban J connectivity index is 1.54. The van der Waals surface area contributed by atoms with Crippen LogP contribution in [0.15, 0.2) is 48.5 Å². The van der Waals surface area contributed by atoms with Gasteiger partial charge in [-0.2, -0.15) is 0 Å². The van der Waals surface area contributed by atoms with Crippen molar-refractivity contribution in [2.75, 3.05) is 13.2 Å². The molecule has 1 saturated heterocycles. The maximum absolute atomic E-state index is 12.6. The Morgan fingerprint density at radius 3 is 2.75 bits per heavy atom. The Morgan fingerprint density at radius 1 is 1.17 bits per heavy atom. The summed E-state index contributed by atoms with van der Waals surface area (Å²) in [5, 5.41) is 10.3. The van der Waals surface area contributed by atoms with Crippen molar-refractivity contribution >= 4 is 16.7 Å². The molecule has 0 amide bonds. The number of hydrogen-bond acceptors (Lipinski definition) is 4. The molecule has 122 valence electrons. The smallest absolute Gasteiger partial charge is 0.209 e. The molecule has 1 atom stereocenters. The summed E-state index contributed by atoms with van der Waals surface area (Å²) in [6.07, 6.45) is 0.982. The zero-order valence-electron chi connectivity index (χ0n) is 13.0. The first-order valence-electron chi connectivity index (χ1n) is 7.90. The van der Waals surface area contributed by atoms with Crippen LogP contribution in [-0.2, 0) is 4.74 Å². The molecular formula is C19H17NO4. The van der Waals surface area contributed by atoms with E-state index < -0.39 is 0 Å². The molecule has 1 aliphatic rings. The average molecular weight is 323 g/mol. The minimum absolute atomic E-state index is 0.0907. The van der Waals surface area contributed by atoms with Gasteiger partial charge in [0.25, 0.3) is 0 Å². The van der Waals surface area contributed by atoms with E-state index in [9.17, 15) is 9.90 Å². The van der Waals surface area contributed by atoms with Crippen LogP contribution in [0.1, 0.15) is 22.5 Å². The number of rotatable bonds is 4. The van der Waals surface area contributed by atoms with Gasteiger partial charge in [-0.3, -0.25) is 4.79 Å². The number of aromatic hydroxyl groups is 1. The summed E-state index contributed by atoms with van der Waals surface area (Å²) in [6, 6.07) is 13.8. The summed E-state index contributed by atoms with van der Waals surface area (Å²) in [5.74, 6) is 0.822. The first kappa shape index (κ1) is 14.8. The van der Waals surface area contributed by atoms with Gasteiger partial charge < -0.3 is 19.6 Å². The number of nitrogens with one attached hydrogen (secondary N) is 1. The van der Waals surface area contributed by atoms with Crippen molar-refractivity contribution in [3.8, 4) is 11.5 Å². The molecule has 2 heterocycles. The van der Waals surface area contributed by atoms with Crippen molar-refractivity contribution in [3.63, 3.8) is 0 Å². The SMILES string of the molecule is O=C(c1ccc(OC2CCOC2)cc1)c1cc2cc(O)ccc2[nH]1. The highest BCUT2D eigenvalue weighted by Gasteiger charge is 2.17. The largest absolute Gasteiger partial charge is 0.508 e. The molecule has 1 aromatic heterocycles. The minimum atomic E-state index is -0.0959. The fourth-order valence-electron chi connectivity index (χ4n) is 2.88. The van der Waals surface area contributed by atoms with Crippen molar-refractivity contribution in [3.05, 3.63) is 59.8 Å². The van der Waals surface area contributed by atoms with Gasteiger partial charge >= 0.3 is 0 Å². The number of H-pyrrole nitrogens is 1. The molecule has 5 heteroatoms. The van der Waals surface area contributed by atoms with Crippen molar-refractivity contribution in [1.82, 2.24) is 4.98 Å². The Bertz CT molecular complexity index is 876. The van der Waals surface area contributed by atoms with Crippen LogP contribution < -0.4 is 4.74 Å². The Kier molecular flexibility index (Phi) is 3.70. The third-order valence-corrected chi connectivity index (χ3v) is 4.16. The van der Waals surface area contributed by atoms with Crippen LogP contribution in [0.25, 0.3) is 10.9 Å². The summed E-state index contributed by atoms with van der Waals surface area (Å²) in [5.41, 5.74) is 1.89. The van der Waals surface area contributed by atoms with E-state index in [4.69, 9.17) is 9.47 Å². The monoisotopic (exact) mass is 323 g/mol. The van der Waals surface area contributed by atoms with Crippen LogP contribution in [0.5, 0.6) is 11.5 Å². The zero-order chi connectivity index (χ0) is 16.5. The van der Waals surface area contributed by atoms with Crippen LogP contribution in [0.4, 0.5) is 0 Å². The Morgan fingerprint density at radius 2 is 2.00 bits per heavy atom. The van der Waals surface area contributed by atoms with Gasteiger partial charge in [-0.05, 0) is 48.5 Å². The molecule has 5 nitrogen and oxygen atoms in total. The number of ketones is 1. The number of phenols is 1. The topological polar surface area (TPSA) is 71.6 Å². The number of aromatic amines is 1. The van der Waals surface area contributed by atoms with E-state index in [2.05, 4.69) is 4.98 Å². The van der Waals surface area contributed by atoms with Crippen molar-refractivity contribution in [1.29, 1.82) is 0 Å². The van der Waals surface area contributed by atoms with Crippen LogP contribution in [0, 0.1) is 0 Å². The van der Waals surface area contributed by atoms with E-state index in [1.165, 1.54) is 0 Å². The van der Waals surface area contributed by atoms with Gasteiger partial charge in [0.05, 0.1) is 18.9 Å². The van der Waals surface area contributed by atoms with E-state index in [1.807, 2.05) is 0 Å². The molecule has 0 saturated carbocycles. The third-order valence-electron chi connectivity index (χ3n) is 4.16. The average Bonchev–Trinajstić information content (AvgIpc) is 3.24. The van der Waals surface area contributed by atoms with Crippen molar-refractivity contribution < 1.29 is 19.4 Å². The molecule has 24 heavy (non-hydrogen) atoms. The predicted molar refractivity (Wildman–Crippen MR) is 89.7 cm³/mol. The Labute approximate surface area is 138 Å². The minimum Gasteiger partial charge on any atom is -0.508 e. The highest BCUT2D eigenvalue weighted by Crippen LogP contribution is 2.23. The second kappa shape index (κ2) is 6.02. The van der Waals surface area contributed by atoms with Gasteiger partial charge in [0, 0.05) is 22.9 Å². The van der Waals surface area contributed by atoms with Crippen molar-refractivity contribution in [2.45, 2.75) is 12.5 Å². The number of benzene rings is 2. The number of ether oxygens (including phenoxy) is 2. The lowest BCUT2D eigenvalue weighted by Gasteiger charge is -2.11. The standard InChI is InChI=1S/C19H17NO4/c21-14-3-6-17-13(9-14)10-18(20-17)19(22)12-1-4-15(5-2-12)24-16-7-8-23-11-16/h1-6,9-10,16,20-21H,7-8,11H2. The summed E-state index contributed by atoms with van der Waals surface area (Å²) < 4.78 is 11.1. The molecule has 3 aromatic rings. The first-order valence-corrected chi connectivity index (χ1v) is 7.90. The van der Waals surface area contributed by atoms with E-state index in [0.717, 1.165) is 29.7 Å². The summed E-state index contributed by atoms with van der Waals surface area (Å²) in [7, 11) is 0. The first-order chi connectivity index (χ1) is 11.7. The van der Waals surface area contributed by atoms with E-state index in [-0.39, 0.29) is 17.6 Å². The van der Waals surface area contributed by atoms with Gasteiger partial charge in [-0.25, -0.2) is 0 Å². The van der Waals surface area contributed by atoms with Crippen molar-refractivity contribution in [2.24, 2.45) is 0 Å². The normalized spacial score (nSPS) is 17.2. The van der Waals surface area contributed by atoms with Gasteiger partial charge in [-0.1, -0.05) is 0 Å². The molecule has 2 N–H and O–H groups in total. The predicted octanol–water partition coefficient (Wildman–Crippen LogP) is 3.27. The summed E-state index contributed by atoms with van der Waals surface area (Å²) >= 11 is 0. The summed E-state index contributed by atoms with van der Waals surface area (Å²) in [4.78, 5) is 15.7. The van der Waals surface area contributed by atoms with Gasteiger partial charge in [0.1, 0.15) is 17.6 Å². The van der Waals surface area contributed by atoms with Gasteiger partial charge in [0.15, 0.2) is 0 Å². The maximum atomic E-state index is 12.6. The second-order valence-electron chi connectivity index (χ2n) is 5.91. The van der Waals surface area contributed by atoms with E-state index in [0.29, 0.717) is 17.9 Å². The van der Waals surface area contributed by atoms with Crippen LogP contribution in [0.2, 0.25) is 0 Å². The molecule has 2 aromatic carbocycles. The maximum Gasteiger partial charge on any atom is 0.209 e. The Hall–Kier alpha value is -2.79. The van der Waals surface area contributed by atoms with Gasteiger partial charge in [-0.15, -0.1) is 0 Å². The molecule has 1 unspecified atom stereocenters. The molecule has 0 bridgehead atoms. The number of carbonyl (C=O) groups is 1. The zero-order valence-corrected chi connectivity index (χ0v) is 13.0. The van der Waals surface area contributed by atoms with E-state index in [1.54, 1.807) is 48.5 Å². The lowest BCUT2D eigenvalue weighted by molar-refractivity contribution is 0.103.